The number of methoxy groups -OCH3 is 3. The van der Waals surface area contributed by atoms with Crippen molar-refractivity contribution in [1.82, 2.24) is 4.37 Å². The highest BCUT2D eigenvalue weighted by Crippen LogP contribution is 2.40. The minimum Gasteiger partial charge on any atom is -0.496 e. The molecule has 3 rings (SSSR count). The van der Waals surface area contributed by atoms with E-state index in [0.29, 0.717) is 23.7 Å². The molecule has 184 valence electrons. The molecule has 0 saturated heterocycles. The molecule has 0 bridgehead atoms. The molecule has 3 aromatic rings. The maximum atomic E-state index is 12.7. The molecule has 0 amide bonds. The summed E-state index contributed by atoms with van der Waals surface area (Å²) in [5.74, 6) is 2.92. The van der Waals surface area contributed by atoms with Crippen LogP contribution in [-0.2, 0) is 11.2 Å². The van der Waals surface area contributed by atoms with E-state index in [1.165, 1.54) is 11.5 Å². The third-order valence-corrected chi connectivity index (χ3v) is 6.78. The summed E-state index contributed by atoms with van der Waals surface area (Å²) in [6.07, 6.45) is 2.91. The van der Waals surface area contributed by atoms with Gasteiger partial charge in [0.2, 0.25) is 0 Å². The van der Waals surface area contributed by atoms with Gasteiger partial charge in [0.1, 0.15) is 5.75 Å². The van der Waals surface area contributed by atoms with Crippen molar-refractivity contribution in [3.05, 3.63) is 46.8 Å². The van der Waals surface area contributed by atoms with Crippen molar-refractivity contribution in [2.24, 2.45) is 5.73 Å². The topological polar surface area (TPSA) is 83.7 Å². The maximum Gasteiger partial charge on any atom is 0.163 e. The van der Waals surface area contributed by atoms with Crippen molar-refractivity contribution in [2.45, 2.75) is 25.8 Å². The van der Waals surface area contributed by atoms with E-state index >= 15 is 0 Å². The average molecular weight is 523 g/mol. The molecule has 1 unspecified atom stereocenters. The van der Waals surface area contributed by atoms with Crippen molar-refractivity contribution in [3.63, 3.8) is 0 Å². The van der Waals surface area contributed by atoms with E-state index in [2.05, 4.69) is 4.37 Å². The molecule has 0 radical (unpaired) electrons. The van der Waals surface area contributed by atoms with Gasteiger partial charge in [-0.2, -0.15) is 16.1 Å². The molecule has 0 aliphatic rings. The molecule has 6 nitrogen and oxygen atoms in total. The quantitative estimate of drug-likeness (QED) is 0.359. The van der Waals surface area contributed by atoms with Crippen LogP contribution in [0.15, 0.2) is 35.7 Å². The first-order chi connectivity index (χ1) is 15.9. The molecule has 1 aromatic heterocycles. The van der Waals surface area contributed by atoms with Gasteiger partial charge in [0.15, 0.2) is 17.3 Å². The smallest absolute Gasteiger partial charge is 0.163 e. The van der Waals surface area contributed by atoms with Gasteiger partial charge in [0.05, 0.1) is 33.1 Å². The van der Waals surface area contributed by atoms with Crippen molar-refractivity contribution >= 4 is 41.5 Å². The zero-order valence-electron chi connectivity index (χ0n) is 20.0. The first kappa shape index (κ1) is 28.0. The number of aryl methyl sites for hydroxylation is 1. The highest BCUT2D eigenvalue weighted by Gasteiger charge is 2.19. The lowest BCUT2D eigenvalue weighted by atomic mass is 9.95. The first-order valence-electron chi connectivity index (χ1n) is 10.5. The summed E-state index contributed by atoms with van der Waals surface area (Å²) >= 11 is 3.07. The molecule has 0 spiro atoms. The minimum absolute atomic E-state index is 0. The van der Waals surface area contributed by atoms with Gasteiger partial charge >= 0.3 is 0 Å². The molecule has 0 aliphatic carbocycles. The lowest BCUT2D eigenvalue weighted by Gasteiger charge is -2.15. The summed E-state index contributed by atoms with van der Waals surface area (Å²) in [7, 11) is 4.87. The van der Waals surface area contributed by atoms with Crippen LogP contribution in [0.3, 0.4) is 0 Å². The van der Waals surface area contributed by atoms with Crippen LogP contribution < -0.4 is 19.9 Å². The van der Waals surface area contributed by atoms with Gasteiger partial charge in [-0.1, -0.05) is 6.07 Å². The van der Waals surface area contributed by atoms with Crippen LogP contribution in [0.5, 0.6) is 17.2 Å². The van der Waals surface area contributed by atoms with E-state index in [-0.39, 0.29) is 24.6 Å². The third-order valence-electron chi connectivity index (χ3n) is 5.51. The third kappa shape index (κ3) is 6.24. The van der Waals surface area contributed by atoms with E-state index in [4.69, 9.17) is 19.9 Å². The number of carbonyl (C=O) groups excluding carboxylic acids is 1. The molecular formula is C25H31ClN2O4S2. The van der Waals surface area contributed by atoms with Crippen LogP contribution in [0.25, 0.3) is 22.4 Å². The van der Waals surface area contributed by atoms with Gasteiger partial charge in [-0.05, 0) is 72.3 Å². The summed E-state index contributed by atoms with van der Waals surface area (Å²) in [4.78, 5) is 12.7. The van der Waals surface area contributed by atoms with Crippen molar-refractivity contribution in [2.75, 3.05) is 33.3 Å². The van der Waals surface area contributed by atoms with Gasteiger partial charge in [-0.3, -0.25) is 4.79 Å². The first-order valence-corrected chi connectivity index (χ1v) is 12.8. The molecule has 0 aliphatic heterocycles. The highest BCUT2D eigenvalue weighted by molar-refractivity contribution is 7.98. The average Bonchev–Trinajstić information content (AvgIpc) is 3.31. The molecule has 2 N–H and O–H groups in total. The Balaban J connectivity index is 0.00000408. The monoisotopic (exact) mass is 522 g/mol. The van der Waals surface area contributed by atoms with Crippen LogP contribution in [0.1, 0.15) is 17.5 Å². The molecule has 0 fully saturated rings. The van der Waals surface area contributed by atoms with Crippen LogP contribution in [0.4, 0.5) is 0 Å². The van der Waals surface area contributed by atoms with Gasteiger partial charge in [0, 0.05) is 28.5 Å². The molecule has 1 atom stereocenters. The number of rotatable bonds is 11. The van der Waals surface area contributed by atoms with E-state index in [1.807, 2.05) is 48.9 Å². The number of Topliss-reactive ketones (excluding diaryl/α,β-unsaturated/α-hetero) is 1. The fourth-order valence-electron chi connectivity index (χ4n) is 3.75. The van der Waals surface area contributed by atoms with Crippen molar-refractivity contribution in [1.29, 1.82) is 0 Å². The summed E-state index contributed by atoms with van der Waals surface area (Å²) in [5, 5.41) is 2.01. The van der Waals surface area contributed by atoms with Crippen molar-refractivity contribution in [3.8, 4) is 39.6 Å². The largest absolute Gasteiger partial charge is 0.496 e. The number of benzene rings is 2. The number of hydrogen-bond donors (Lipinski definition) is 1. The maximum absolute atomic E-state index is 12.7. The number of ether oxygens (including phenoxy) is 3. The number of carbonyl (C=O) groups is 1. The second-order valence-electron chi connectivity index (χ2n) is 7.66. The molecule has 0 saturated carbocycles. The van der Waals surface area contributed by atoms with Gasteiger partial charge in [-0.25, -0.2) is 0 Å². The number of thioether (sulfide) groups is 1. The molecule has 1 heterocycles. The molecule has 9 heteroatoms. The van der Waals surface area contributed by atoms with Crippen LogP contribution in [-0.4, -0.2) is 49.5 Å². The summed E-state index contributed by atoms with van der Waals surface area (Å²) in [6, 6.07) is 9.38. The minimum atomic E-state index is -0.473. The van der Waals surface area contributed by atoms with Gasteiger partial charge in [0.25, 0.3) is 0 Å². The predicted octanol–water partition coefficient (Wildman–Crippen LogP) is 5.43. The Morgan fingerprint density at radius 3 is 2.47 bits per heavy atom. The SMILES string of the molecule is COc1ccc(-c2csnc2-c2cc(C)c(OC)c(OC)c2)cc1CC(=O)C(N)CCSC.Cl. The Bertz CT molecular complexity index is 1120. The Morgan fingerprint density at radius 1 is 1.09 bits per heavy atom. The molecular weight excluding hydrogens is 492 g/mol. The number of nitrogens with zero attached hydrogens (tertiary/aromatic N) is 1. The van der Waals surface area contributed by atoms with E-state index in [9.17, 15) is 4.79 Å². The lowest BCUT2D eigenvalue weighted by Crippen LogP contribution is -2.32. The van der Waals surface area contributed by atoms with E-state index < -0.39 is 6.04 Å². The van der Waals surface area contributed by atoms with E-state index in [1.54, 1.807) is 33.1 Å². The molecule has 2 aromatic carbocycles. The molecule has 34 heavy (non-hydrogen) atoms. The fourth-order valence-corrected chi connectivity index (χ4v) is 4.95. The Kier molecular flexibility index (Phi) is 10.7. The lowest BCUT2D eigenvalue weighted by molar-refractivity contribution is -0.119. The summed E-state index contributed by atoms with van der Waals surface area (Å²) in [6.45, 7) is 1.98. The normalized spacial score (nSPS) is 11.5. The van der Waals surface area contributed by atoms with Gasteiger partial charge < -0.3 is 19.9 Å². The fraction of sp³-hybridized carbons (Fsp3) is 0.360. The van der Waals surface area contributed by atoms with Gasteiger partial charge in [-0.15, -0.1) is 12.4 Å². The van der Waals surface area contributed by atoms with Crippen LogP contribution in [0.2, 0.25) is 0 Å². The number of ketones is 1. The summed E-state index contributed by atoms with van der Waals surface area (Å²) in [5.41, 5.74) is 11.6. The van der Waals surface area contributed by atoms with E-state index in [0.717, 1.165) is 39.3 Å². The highest BCUT2D eigenvalue weighted by atomic mass is 35.5. The number of aromatic nitrogens is 1. The van der Waals surface area contributed by atoms with Crippen LogP contribution in [0, 0.1) is 6.92 Å². The Morgan fingerprint density at radius 2 is 1.82 bits per heavy atom. The van der Waals surface area contributed by atoms with Crippen LogP contribution >= 0.6 is 35.7 Å². The number of hydrogen-bond acceptors (Lipinski definition) is 8. The second-order valence-corrected chi connectivity index (χ2v) is 9.28. The standard InChI is InChI=1S/C25H30N2O4S2.ClH/c1-15-10-18(13-23(30-3)25(15)31-4)24-19(14-33-27-24)16-6-7-22(29-2)17(11-16)12-21(28)20(26)8-9-32-5;/h6-7,10-11,13-14,20H,8-9,12,26H2,1-5H3;1H. The summed E-state index contributed by atoms with van der Waals surface area (Å²) < 4.78 is 21.2. The predicted molar refractivity (Wildman–Crippen MR) is 144 cm³/mol. The van der Waals surface area contributed by atoms with Crippen molar-refractivity contribution < 1.29 is 19.0 Å². The number of nitrogens with two attached hydrogens (primary N) is 1. The Labute approximate surface area is 215 Å². The second kappa shape index (κ2) is 13.0. The zero-order valence-corrected chi connectivity index (χ0v) is 22.5. The zero-order chi connectivity index (χ0) is 24.0. The Hall–Kier alpha value is -2.26. The number of halogens is 1.